The number of nitrogens with one attached hydrogen (secondary N) is 1. The van der Waals surface area contributed by atoms with Gasteiger partial charge in [-0.3, -0.25) is 14.7 Å². The average Bonchev–Trinajstić information content (AvgIpc) is 2.94. The zero-order chi connectivity index (χ0) is 14.0. The summed E-state index contributed by atoms with van der Waals surface area (Å²) in [5.74, 6) is -0.472. The molecule has 0 saturated carbocycles. The number of carboxylic acid groups (broad SMARTS) is 1. The maximum atomic E-state index is 12.4. The monoisotopic (exact) mass is 265 g/mol. The van der Waals surface area contributed by atoms with Crippen LogP contribution >= 0.6 is 0 Å². The zero-order valence-corrected chi connectivity index (χ0v) is 11.3. The summed E-state index contributed by atoms with van der Waals surface area (Å²) in [5, 5.41) is 15.5. The Hall–Kier alpha value is -1.85. The van der Waals surface area contributed by atoms with Crippen LogP contribution in [0.3, 0.4) is 0 Å². The Morgan fingerprint density at radius 1 is 1.47 bits per heavy atom. The van der Waals surface area contributed by atoms with E-state index in [2.05, 4.69) is 10.2 Å². The molecule has 1 amide bonds. The van der Waals surface area contributed by atoms with Gasteiger partial charge in [-0.05, 0) is 32.6 Å². The van der Waals surface area contributed by atoms with Gasteiger partial charge in [0.2, 0.25) is 0 Å². The molecule has 1 aliphatic rings. The summed E-state index contributed by atoms with van der Waals surface area (Å²) in [6.07, 6.45) is 1.70. The number of aliphatic carboxylic acids is 1. The fraction of sp³-hybridized carbons (Fsp3) is 0.615. The molecule has 19 heavy (non-hydrogen) atoms. The highest BCUT2D eigenvalue weighted by atomic mass is 16.4. The number of nitrogens with zero attached hydrogens (tertiary/aromatic N) is 2. The molecule has 2 N–H and O–H groups in total. The van der Waals surface area contributed by atoms with Crippen LogP contribution in [0.2, 0.25) is 0 Å². The molecule has 0 radical (unpaired) electrons. The van der Waals surface area contributed by atoms with Gasteiger partial charge in [0, 0.05) is 25.2 Å². The lowest BCUT2D eigenvalue weighted by Crippen LogP contribution is -2.29. The van der Waals surface area contributed by atoms with Gasteiger partial charge in [-0.25, -0.2) is 0 Å². The lowest BCUT2D eigenvalue weighted by atomic mass is 10.0. The van der Waals surface area contributed by atoms with Crippen molar-refractivity contribution in [3.63, 3.8) is 0 Å². The lowest BCUT2D eigenvalue weighted by Gasteiger charge is -2.16. The van der Waals surface area contributed by atoms with Gasteiger partial charge < -0.3 is 10.0 Å². The first-order chi connectivity index (χ1) is 8.99. The molecule has 6 nitrogen and oxygen atoms in total. The molecule has 1 fully saturated rings. The van der Waals surface area contributed by atoms with Gasteiger partial charge in [-0.15, -0.1) is 0 Å². The van der Waals surface area contributed by atoms with Crippen LogP contribution in [0.5, 0.6) is 0 Å². The molecule has 1 unspecified atom stereocenters. The van der Waals surface area contributed by atoms with Crippen LogP contribution in [0.4, 0.5) is 0 Å². The summed E-state index contributed by atoms with van der Waals surface area (Å²) >= 11 is 0. The van der Waals surface area contributed by atoms with Crippen LogP contribution < -0.4 is 0 Å². The summed E-state index contributed by atoms with van der Waals surface area (Å²) in [7, 11) is 0. The standard InChI is InChI=1S/C13H19N3O3/c1-8-12(9(2)15-14-8)13(19)16-6-5-10(7-16)3-4-11(17)18/h10H,3-7H2,1-2H3,(H,14,15)(H,17,18). The van der Waals surface area contributed by atoms with E-state index in [9.17, 15) is 9.59 Å². The third kappa shape index (κ3) is 2.94. The summed E-state index contributed by atoms with van der Waals surface area (Å²) in [6.45, 7) is 5.00. The second-order valence-corrected chi connectivity index (χ2v) is 5.15. The van der Waals surface area contributed by atoms with Crippen LogP contribution in [-0.2, 0) is 4.79 Å². The number of aromatic amines is 1. The molecular weight excluding hydrogens is 246 g/mol. The van der Waals surface area contributed by atoms with Crippen molar-refractivity contribution in [3.8, 4) is 0 Å². The van der Waals surface area contributed by atoms with Crippen LogP contribution in [-0.4, -0.2) is 45.2 Å². The molecule has 6 heteroatoms. The van der Waals surface area contributed by atoms with Crippen molar-refractivity contribution in [2.24, 2.45) is 5.92 Å². The van der Waals surface area contributed by atoms with Crippen molar-refractivity contribution >= 4 is 11.9 Å². The number of rotatable bonds is 4. The van der Waals surface area contributed by atoms with E-state index in [1.807, 2.05) is 13.8 Å². The Morgan fingerprint density at radius 3 is 2.79 bits per heavy atom. The van der Waals surface area contributed by atoms with Crippen molar-refractivity contribution in [3.05, 3.63) is 17.0 Å². The third-order valence-corrected chi connectivity index (χ3v) is 3.68. The van der Waals surface area contributed by atoms with E-state index in [1.54, 1.807) is 4.90 Å². The molecule has 1 aliphatic heterocycles. The molecule has 1 aromatic rings. The number of H-pyrrole nitrogens is 1. The second kappa shape index (κ2) is 5.42. The minimum atomic E-state index is -0.772. The molecule has 1 aromatic heterocycles. The number of carbonyl (C=O) groups is 2. The number of hydrogen-bond acceptors (Lipinski definition) is 3. The van der Waals surface area contributed by atoms with E-state index in [1.165, 1.54) is 0 Å². The van der Waals surface area contributed by atoms with E-state index in [0.29, 0.717) is 31.0 Å². The van der Waals surface area contributed by atoms with Crippen molar-refractivity contribution in [1.82, 2.24) is 15.1 Å². The van der Waals surface area contributed by atoms with Crippen molar-refractivity contribution in [2.45, 2.75) is 33.1 Å². The van der Waals surface area contributed by atoms with E-state index in [4.69, 9.17) is 5.11 Å². The first-order valence-corrected chi connectivity index (χ1v) is 6.51. The maximum Gasteiger partial charge on any atom is 0.303 e. The fourth-order valence-corrected chi connectivity index (χ4v) is 2.60. The zero-order valence-electron chi connectivity index (χ0n) is 11.3. The maximum absolute atomic E-state index is 12.4. The molecule has 0 aromatic carbocycles. The summed E-state index contributed by atoms with van der Waals surface area (Å²) < 4.78 is 0. The lowest BCUT2D eigenvalue weighted by molar-refractivity contribution is -0.137. The number of hydrogen-bond donors (Lipinski definition) is 2. The molecule has 0 aliphatic carbocycles. The first kappa shape index (κ1) is 13.6. The van der Waals surface area contributed by atoms with Crippen molar-refractivity contribution in [1.29, 1.82) is 0 Å². The van der Waals surface area contributed by atoms with Gasteiger partial charge in [-0.1, -0.05) is 0 Å². The summed E-state index contributed by atoms with van der Waals surface area (Å²) in [5.41, 5.74) is 2.16. The Kier molecular flexibility index (Phi) is 3.87. The SMILES string of the molecule is Cc1n[nH]c(C)c1C(=O)N1CCC(CCC(=O)O)C1. The van der Waals surface area contributed by atoms with Gasteiger partial charge in [0.1, 0.15) is 0 Å². The Labute approximate surface area is 111 Å². The predicted octanol–water partition coefficient (Wildman–Crippen LogP) is 1.35. The van der Waals surface area contributed by atoms with E-state index >= 15 is 0 Å². The second-order valence-electron chi connectivity index (χ2n) is 5.15. The van der Waals surface area contributed by atoms with Crippen molar-refractivity contribution in [2.75, 3.05) is 13.1 Å². The van der Waals surface area contributed by atoms with E-state index in [-0.39, 0.29) is 12.3 Å². The van der Waals surface area contributed by atoms with Crippen LogP contribution in [0, 0.1) is 19.8 Å². The topological polar surface area (TPSA) is 86.3 Å². The van der Waals surface area contributed by atoms with Gasteiger partial charge in [0.05, 0.1) is 11.3 Å². The Morgan fingerprint density at radius 2 is 2.21 bits per heavy atom. The largest absolute Gasteiger partial charge is 0.481 e. The smallest absolute Gasteiger partial charge is 0.303 e. The van der Waals surface area contributed by atoms with Gasteiger partial charge in [0.15, 0.2) is 0 Å². The van der Waals surface area contributed by atoms with Crippen molar-refractivity contribution < 1.29 is 14.7 Å². The summed E-state index contributed by atoms with van der Waals surface area (Å²) in [6, 6.07) is 0. The molecule has 2 rings (SSSR count). The normalized spacial score (nSPS) is 18.8. The van der Waals surface area contributed by atoms with E-state index in [0.717, 1.165) is 17.8 Å². The van der Waals surface area contributed by atoms with Crippen LogP contribution in [0.25, 0.3) is 0 Å². The highest BCUT2D eigenvalue weighted by molar-refractivity contribution is 5.96. The average molecular weight is 265 g/mol. The Bertz CT molecular complexity index is 476. The van der Waals surface area contributed by atoms with Crippen LogP contribution in [0.1, 0.15) is 41.0 Å². The number of aromatic nitrogens is 2. The molecule has 0 bridgehead atoms. The quantitative estimate of drug-likeness (QED) is 0.860. The van der Waals surface area contributed by atoms with Gasteiger partial charge >= 0.3 is 5.97 Å². The number of likely N-dealkylation sites (tertiary alicyclic amines) is 1. The molecule has 2 heterocycles. The highest BCUT2D eigenvalue weighted by Gasteiger charge is 2.29. The first-order valence-electron chi connectivity index (χ1n) is 6.51. The number of carbonyl (C=O) groups excluding carboxylic acids is 1. The number of aryl methyl sites for hydroxylation is 2. The molecule has 0 spiro atoms. The van der Waals surface area contributed by atoms with Crippen LogP contribution in [0.15, 0.2) is 0 Å². The third-order valence-electron chi connectivity index (χ3n) is 3.68. The molecule has 104 valence electrons. The number of amides is 1. The highest BCUT2D eigenvalue weighted by Crippen LogP contribution is 2.24. The van der Waals surface area contributed by atoms with E-state index < -0.39 is 5.97 Å². The number of carboxylic acids is 1. The molecule has 1 atom stereocenters. The molecular formula is C13H19N3O3. The summed E-state index contributed by atoms with van der Waals surface area (Å²) in [4.78, 5) is 24.7. The minimum Gasteiger partial charge on any atom is -0.481 e. The minimum absolute atomic E-state index is 0.00146. The molecule has 1 saturated heterocycles. The Balaban J connectivity index is 1.97. The van der Waals surface area contributed by atoms with Gasteiger partial charge in [-0.2, -0.15) is 5.10 Å². The predicted molar refractivity (Wildman–Crippen MR) is 68.9 cm³/mol. The van der Waals surface area contributed by atoms with Gasteiger partial charge in [0.25, 0.3) is 5.91 Å². The fourth-order valence-electron chi connectivity index (χ4n) is 2.60.